The Bertz CT molecular complexity index is 447. The van der Waals surface area contributed by atoms with Crippen molar-refractivity contribution in [2.24, 2.45) is 5.92 Å². The Morgan fingerprint density at radius 1 is 1.16 bits per heavy atom. The molecule has 0 saturated carbocycles. The Hall–Kier alpha value is -1.65. The fourth-order valence-electron chi connectivity index (χ4n) is 2.72. The molecule has 1 amide bonds. The summed E-state index contributed by atoms with van der Waals surface area (Å²) in [6, 6.07) is 0. The van der Waals surface area contributed by atoms with Gasteiger partial charge in [0, 0.05) is 38.6 Å². The van der Waals surface area contributed by atoms with E-state index in [0.717, 1.165) is 50.5 Å². The zero-order valence-corrected chi connectivity index (χ0v) is 11.4. The molecule has 2 aliphatic heterocycles. The molecule has 2 saturated heterocycles. The molecule has 1 aromatic heterocycles. The molecule has 3 heterocycles. The second kappa shape index (κ2) is 5.15. The maximum Gasteiger partial charge on any atom is 0.229 e. The lowest BCUT2D eigenvalue weighted by Crippen LogP contribution is -2.55. The number of carbonyl (C=O) groups excluding carboxylic acids is 1. The van der Waals surface area contributed by atoms with Crippen LogP contribution in [-0.4, -0.2) is 47.0 Å². The Balaban J connectivity index is 1.54. The maximum absolute atomic E-state index is 12.3. The van der Waals surface area contributed by atoms with Crippen LogP contribution in [0.3, 0.4) is 0 Å². The number of hydrogen-bond acceptors (Lipinski definition) is 4. The van der Waals surface area contributed by atoms with Gasteiger partial charge in [-0.25, -0.2) is 9.97 Å². The molecule has 102 valence electrons. The van der Waals surface area contributed by atoms with Crippen molar-refractivity contribution in [3.05, 3.63) is 18.0 Å². The molecular formula is C14H20N4O. The number of hydrogen-bond donors (Lipinski definition) is 0. The predicted octanol–water partition coefficient (Wildman–Crippen LogP) is 1.23. The number of nitrogens with zero attached hydrogens (tertiary/aromatic N) is 4. The normalized spacial score (nSPS) is 20.3. The molecule has 0 atom stereocenters. The molecule has 0 spiro atoms. The molecule has 0 unspecified atom stereocenters. The number of amides is 1. The summed E-state index contributed by atoms with van der Waals surface area (Å²) < 4.78 is 0. The molecule has 0 radical (unpaired) electrons. The highest BCUT2D eigenvalue weighted by Crippen LogP contribution is 2.23. The Kier molecular flexibility index (Phi) is 3.36. The molecule has 5 heteroatoms. The van der Waals surface area contributed by atoms with Crippen LogP contribution in [0, 0.1) is 12.8 Å². The minimum Gasteiger partial charge on any atom is -0.342 e. The van der Waals surface area contributed by atoms with E-state index in [1.807, 2.05) is 24.2 Å². The quantitative estimate of drug-likeness (QED) is 0.802. The second-order valence-electron chi connectivity index (χ2n) is 5.55. The predicted molar refractivity (Wildman–Crippen MR) is 72.9 cm³/mol. The molecule has 1 aromatic rings. The van der Waals surface area contributed by atoms with Crippen molar-refractivity contribution in [2.45, 2.75) is 26.2 Å². The van der Waals surface area contributed by atoms with E-state index < -0.39 is 0 Å². The fourth-order valence-corrected chi connectivity index (χ4v) is 2.72. The highest BCUT2D eigenvalue weighted by Gasteiger charge is 2.36. The minimum absolute atomic E-state index is 0.142. The van der Waals surface area contributed by atoms with E-state index in [1.54, 1.807) is 0 Å². The number of carbonyl (C=O) groups is 1. The lowest BCUT2D eigenvalue weighted by molar-refractivity contribution is -0.137. The van der Waals surface area contributed by atoms with Crippen LogP contribution in [0.5, 0.6) is 0 Å². The van der Waals surface area contributed by atoms with Gasteiger partial charge in [-0.05, 0) is 31.7 Å². The van der Waals surface area contributed by atoms with E-state index in [9.17, 15) is 4.79 Å². The zero-order valence-electron chi connectivity index (χ0n) is 11.4. The SMILES string of the molecule is Cc1cnc(N2CC(C(=O)N3CCCCC3)C2)nc1. The van der Waals surface area contributed by atoms with Gasteiger partial charge in [0.15, 0.2) is 0 Å². The van der Waals surface area contributed by atoms with E-state index in [0.29, 0.717) is 5.91 Å². The van der Waals surface area contributed by atoms with Gasteiger partial charge < -0.3 is 9.80 Å². The minimum atomic E-state index is 0.142. The van der Waals surface area contributed by atoms with Crippen LogP contribution in [0.4, 0.5) is 5.95 Å². The van der Waals surface area contributed by atoms with E-state index in [1.165, 1.54) is 6.42 Å². The van der Waals surface area contributed by atoms with Crippen LogP contribution in [0.25, 0.3) is 0 Å². The van der Waals surface area contributed by atoms with Crippen molar-refractivity contribution in [1.29, 1.82) is 0 Å². The molecular weight excluding hydrogens is 240 g/mol. The lowest BCUT2D eigenvalue weighted by Gasteiger charge is -2.41. The standard InChI is InChI=1S/C14H20N4O/c1-11-7-15-14(16-8-11)18-9-12(10-18)13(19)17-5-3-2-4-6-17/h7-8,12H,2-6,9-10H2,1H3. The van der Waals surface area contributed by atoms with Gasteiger partial charge in [-0.3, -0.25) is 4.79 Å². The number of anilines is 1. The van der Waals surface area contributed by atoms with Crippen LogP contribution < -0.4 is 4.90 Å². The van der Waals surface area contributed by atoms with Gasteiger partial charge in [0.2, 0.25) is 11.9 Å². The van der Waals surface area contributed by atoms with Gasteiger partial charge in [-0.15, -0.1) is 0 Å². The molecule has 2 fully saturated rings. The summed E-state index contributed by atoms with van der Waals surface area (Å²) >= 11 is 0. The number of likely N-dealkylation sites (tertiary alicyclic amines) is 1. The second-order valence-corrected chi connectivity index (χ2v) is 5.55. The van der Waals surface area contributed by atoms with Crippen molar-refractivity contribution in [1.82, 2.24) is 14.9 Å². The maximum atomic E-state index is 12.3. The summed E-state index contributed by atoms with van der Waals surface area (Å²) in [5.41, 5.74) is 1.06. The van der Waals surface area contributed by atoms with Crippen LogP contribution >= 0.6 is 0 Å². The summed E-state index contributed by atoms with van der Waals surface area (Å²) in [7, 11) is 0. The smallest absolute Gasteiger partial charge is 0.229 e. The molecule has 0 aromatic carbocycles. The van der Waals surface area contributed by atoms with E-state index in [-0.39, 0.29) is 5.92 Å². The first kappa shape index (κ1) is 12.4. The first-order valence-electron chi connectivity index (χ1n) is 7.06. The van der Waals surface area contributed by atoms with E-state index in [4.69, 9.17) is 0 Å². The van der Waals surface area contributed by atoms with Gasteiger partial charge in [0.25, 0.3) is 0 Å². The van der Waals surface area contributed by atoms with Crippen LogP contribution in [0.1, 0.15) is 24.8 Å². The first-order chi connectivity index (χ1) is 9.24. The number of rotatable bonds is 2. The zero-order chi connectivity index (χ0) is 13.2. The number of piperidine rings is 1. The monoisotopic (exact) mass is 260 g/mol. The fraction of sp³-hybridized carbons (Fsp3) is 0.643. The Morgan fingerprint density at radius 3 is 2.42 bits per heavy atom. The molecule has 2 aliphatic rings. The van der Waals surface area contributed by atoms with Gasteiger partial charge >= 0.3 is 0 Å². The van der Waals surface area contributed by atoms with Crippen molar-refractivity contribution < 1.29 is 4.79 Å². The summed E-state index contributed by atoms with van der Waals surface area (Å²) in [6.45, 7) is 5.38. The van der Waals surface area contributed by atoms with Gasteiger partial charge in [0.1, 0.15) is 0 Å². The van der Waals surface area contributed by atoms with E-state index >= 15 is 0 Å². The highest BCUT2D eigenvalue weighted by atomic mass is 16.2. The average Bonchev–Trinajstić information content (AvgIpc) is 2.40. The van der Waals surface area contributed by atoms with Crippen LogP contribution in [0.15, 0.2) is 12.4 Å². The third-order valence-electron chi connectivity index (χ3n) is 3.95. The van der Waals surface area contributed by atoms with E-state index in [2.05, 4.69) is 14.9 Å². The summed E-state index contributed by atoms with van der Waals surface area (Å²) in [5.74, 6) is 1.21. The largest absolute Gasteiger partial charge is 0.342 e. The first-order valence-corrected chi connectivity index (χ1v) is 7.06. The Morgan fingerprint density at radius 2 is 1.79 bits per heavy atom. The molecule has 0 N–H and O–H groups in total. The van der Waals surface area contributed by atoms with Crippen LogP contribution in [0.2, 0.25) is 0 Å². The third-order valence-corrected chi connectivity index (χ3v) is 3.95. The lowest BCUT2D eigenvalue weighted by atomic mass is 9.97. The number of aryl methyl sites for hydroxylation is 1. The van der Waals surface area contributed by atoms with Crippen LogP contribution in [-0.2, 0) is 4.79 Å². The molecule has 0 bridgehead atoms. The number of aromatic nitrogens is 2. The topological polar surface area (TPSA) is 49.3 Å². The molecule has 19 heavy (non-hydrogen) atoms. The Labute approximate surface area is 113 Å². The van der Waals surface area contributed by atoms with Gasteiger partial charge in [-0.2, -0.15) is 0 Å². The third kappa shape index (κ3) is 2.55. The highest BCUT2D eigenvalue weighted by molar-refractivity contribution is 5.81. The summed E-state index contributed by atoms with van der Waals surface area (Å²) in [6.07, 6.45) is 7.22. The average molecular weight is 260 g/mol. The van der Waals surface area contributed by atoms with Gasteiger partial charge in [-0.1, -0.05) is 0 Å². The summed E-state index contributed by atoms with van der Waals surface area (Å²) in [5, 5.41) is 0. The van der Waals surface area contributed by atoms with Crippen molar-refractivity contribution in [3.8, 4) is 0 Å². The van der Waals surface area contributed by atoms with Gasteiger partial charge in [0.05, 0.1) is 5.92 Å². The summed E-state index contributed by atoms with van der Waals surface area (Å²) in [4.78, 5) is 25.0. The molecule has 0 aliphatic carbocycles. The molecule has 5 nitrogen and oxygen atoms in total. The van der Waals surface area contributed by atoms with Crippen molar-refractivity contribution >= 4 is 11.9 Å². The molecule has 3 rings (SSSR count). The van der Waals surface area contributed by atoms with Crippen molar-refractivity contribution in [2.75, 3.05) is 31.1 Å². The van der Waals surface area contributed by atoms with Crippen molar-refractivity contribution in [3.63, 3.8) is 0 Å².